The molecule has 0 spiro atoms. The van der Waals surface area contributed by atoms with Crippen LogP contribution in [0.3, 0.4) is 0 Å². The molecule has 1 atom stereocenters. The quantitative estimate of drug-likeness (QED) is 0.0438. The molecule has 0 radical (unpaired) electrons. The first kappa shape index (κ1) is 44.1. The maximum Gasteiger partial charge on any atom is 0.185 e. The van der Waals surface area contributed by atoms with Gasteiger partial charge in [0.15, 0.2) is 6.17 Å². The standard InChI is InChI=1S/C41H82N4O2/c1-6-8-10-12-14-16-18-19-20-21-22-23-25-27-29-31-33-43-35-34-42(32-30-28-26-24-17-15-13-11-9-7-2)36-38-44(39-37-43)40(41(46)47)45(3,4)5/h19-20,40H,6-18,21-39H2,1-5H3/b20-19-. The van der Waals surface area contributed by atoms with E-state index < -0.39 is 12.1 Å². The summed E-state index contributed by atoms with van der Waals surface area (Å²) in [5.74, 6) is -0.946. The summed E-state index contributed by atoms with van der Waals surface area (Å²) in [6.07, 6.45) is 36.6. The van der Waals surface area contributed by atoms with E-state index in [0.29, 0.717) is 4.48 Å². The van der Waals surface area contributed by atoms with Crippen LogP contribution in [0.2, 0.25) is 0 Å². The molecule has 0 saturated carbocycles. The Balaban J connectivity index is 2.39. The number of hydrogen-bond acceptors (Lipinski definition) is 5. The summed E-state index contributed by atoms with van der Waals surface area (Å²) in [5, 5.41) is 12.3. The number of hydrogen-bond donors (Lipinski definition) is 0. The van der Waals surface area contributed by atoms with Gasteiger partial charge in [-0.3, -0.25) is 0 Å². The summed E-state index contributed by atoms with van der Waals surface area (Å²) < 4.78 is 0.371. The Hall–Kier alpha value is -0.950. The molecule has 1 rings (SSSR count). The van der Waals surface area contributed by atoms with E-state index in [2.05, 4.69) is 40.7 Å². The highest BCUT2D eigenvalue weighted by atomic mass is 16.4. The second kappa shape index (κ2) is 29.9. The predicted molar refractivity (Wildman–Crippen MR) is 203 cm³/mol. The number of carboxylic acids is 1. The number of carboxylic acid groups (broad SMARTS) is 1. The van der Waals surface area contributed by atoms with Gasteiger partial charge in [0.25, 0.3) is 0 Å². The molecule has 47 heavy (non-hydrogen) atoms. The lowest BCUT2D eigenvalue weighted by atomic mass is 10.1. The zero-order valence-electron chi connectivity index (χ0n) is 32.5. The van der Waals surface area contributed by atoms with Crippen molar-refractivity contribution in [2.75, 3.05) is 73.5 Å². The van der Waals surface area contributed by atoms with E-state index in [1.54, 1.807) is 0 Å². The van der Waals surface area contributed by atoms with E-state index in [4.69, 9.17) is 0 Å². The molecule has 6 heteroatoms. The molecule has 0 N–H and O–H groups in total. The number of unbranched alkanes of at least 4 members (excludes halogenated alkanes) is 21. The number of allylic oxidation sites excluding steroid dienone is 2. The lowest BCUT2D eigenvalue weighted by Gasteiger charge is -2.42. The van der Waals surface area contributed by atoms with Crippen molar-refractivity contribution in [3.05, 3.63) is 12.2 Å². The molecule has 1 unspecified atom stereocenters. The van der Waals surface area contributed by atoms with Crippen molar-refractivity contribution in [2.24, 2.45) is 0 Å². The fourth-order valence-corrected chi connectivity index (χ4v) is 7.21. The summed E-state index contributed by atoms with van der Waals surface area (Å²) in [5.41, 5.74) is 0. The minimum Gasteiger partial charge on any atom is -0.543 e. The molecule has 0 bridgehead atoms. The monoisotopic (exact) mass is 663 g/mol. The number of carbonyl (C=O) groups is 1. The lowest BCUT2D eigenvalue weighted by Crippen LogP contribution is -2.64. The largest absolute Gasteiger partial charge is 0.543 e. The van der Waals surface area contributed by atoms with Crippen LogP contribution < -0.4 is 5.11 Å². The Bertz CT molecular complexity index is 737. The van der Waals surface area contributed by atoms with Crippen LogP contribution in [0.25, 0.3) is 0 Å². The summed E-state index contributed by atoms with van der Waals surface area (Å²) >= 11 is 0. The highest BCUT2D eigenvalue weighted by molar-refractivity contribution is 5.69. The molecule has 0 aromatic carbocycles. The summed E-state index contributed by atoms with van der Waals surface area (Å²) in [7, 11) is 5.96. The molecule has 278 valence electrons. The van der Waals surface area contributed by atoms with Crippen LogP contribution in [0.4, 0.5) is 0 Å². The Kier molecular flexibility index (Phi) is 28.1. The molecule has 1 fully saturated rings. The van der Waals surface area contributed by atoms with Crippen LogP contribution in [0, 0.1) is 0 Å². The highest BCUT2D eigenvalue weighted by Gasteiger charge is 2.32. The molecule has 0 aromatic rings. The average molecular weight is 663 g/mol. The zero-order chi connectivity index (χ0) is 34.4. The first-order valence-electron chi connectivity index (χ1n) is 20.6. The number of quaternary nitrogens is 1. The van der Waals surface area contributed by atoms with Gasteiger partial charge in [0.05, 0.1) is 21.1 Å². The fourth-order valence-electron chi connectivity index (χ4n) is 7.21. The number of likely N-dealkylation sites (N-methyl/N-ethyl adjacent to an activating group) is 1. The normalized spacial score (nSPS) is 16.8. The number of aliphatic carboxylic acids is 1. The molecule has 1 aliphatic rings. The van der Waals surface area contributed by atoms with Gasteiger partial charge in [-0.05, 0) is 51.6 Å². The number of rotatable bonds is 30. The Labute approximate surface area is 294 Å². The maximum atomic E-state index is 12.3. The number of nitrogens with zero attached hydrogens (tertiary/aromatic N) is 4. The van der Waals surface area contributed by atoms with Gasteiger partial charge in [0.1, 0.15) is 5.97 Å². The van der Waals surface area contributed by atoms with Gasteiger partial charge in [-0.2, -0.15) is 0 Å². The van der Waals surface area contributed by atoms with Gasteiger partial charge in [0, 0.05) is 39.3 Å². The van der Waals surface area contributed by atoms with Crippen molar-refractivity contribution >= 4 is 5.97 Å². The van der Waals surface area contributed by atoms with Gasteiger partial charge in [-0.25, -0.2) is 4.90 Å². The van der Waals surface area contributed by atoms with Gasteiger partial charge < -0.3 is 24.2 Å². The Morgan fingerprint density at radius 3 is 1.19 bits per heavy atom. The molecule has 0 amide bonds. The molecule has 0 aromatic heterocycles. The van der Waals surface area contributed by atoms with Crippen molar-refractivity contribution in [1.82, 2.24) is 14.7 Å². The molecule has 1 aliphatic heterocycles. The fraction of sp³-hybridized carbons (Fsp3) is 0.927. The number of carbonyl (C=O) groups excluding carboxylic acids is 1. The van der Waals surface area contributed by atoms with Crippen LogP contribution in [-0.2, 0) is 4.79 Å². The van der Waals surface area contributed by atoms with E-state index in [9.17, 15) is 9.90 Å². The highest BCUT2D eigenvalue weighted by Crippen LogP contribution is 2.15. The molecule has 1 saturated heterocycles. The minimum absolute atomic E-state index is 0.371. The smallest absolute Gasteiger partial charge is 0.185 e. The summed E-state index contributed by atoms with van der Waals surface area (Å²) in [6, 6.07) is 0. The second-order valence-corrected chi connectivity index (χ2v) is 15.6. The topological polar surface area (TPSA) is 49.8 Å². The van der Waals surface area contributed by atoms with E-state index in [1.807, 2.05) is 21.1 Å². The van der Waals surface area contributed by atoms with Crippen LogP contribution >= 0.6 is 0 Å². The van der Waals surface area contributed by atoms with Crippen molar-refractivity contribution in [1.29, 1.82) is 0 Å². The van der Waals surface area contributed by atoms with Crippen LogP contribution in [0.1, 0.15) is 168 Å². The molecular formula is C41H82N4O2. The summed E-state index contributed by atoms with van der Waals surface area (Å²) in [4.78, 5) is 19.7. The van der Waals surface area contributed by atoms with Crippen molar-refractivity contribution in [3.8, 4) is 0 Å². The first-order valence-corrected chi connectivity index (χ1v) is 20.6. The Morgan fingerprint density at radius 1 is 0.532 bits per heavy atom. The van der Waals surface area contributed by atoms with Crippen molar-refractivity contribution < 1.29 is 14.4 Å². The lowest BCUT2D eigenvalue weighted by molar-refractivity contribution is -0.901. The molecule has 1 heterocycles. The van der Waals surface area contributed by atoms with Crippen LogP contribution in [0.5, 0.6) is 0 Å². The van der Waals surface area contributed by atoms with Gasteiger partial charge >= 0.3 is 0 Å². The van der Waals surface area contributed by atoms with Crippen molar-refractivity contribution in [2.45, 2.75) is 174 Å². The SMILES string of the molecule is CCCCCCCC/C=C\CCCCCCCCN1CCN(CCCCCCCCCCCC)CCN(C(C(=O)[O-])[N+](C)(C)C)CC1. The molecule has 6 nitrogen and oxygen atoms in total. The maximum absolute atomic E-state index is 12.3. The molecule has 0 aliphatic carbocycles. The third kappa shape index (κ3) is 24.8. The van der Waals surface area contributed by atoms with Crippen LogP contribution in [0.15, 0.2) is 12.2 Å². The Morgan fingerprint density at radius 2 is 0.851 bits per heavy atom. The molecular weight excluding hydrogens is 580 g/mol. The first-order chi connectivity index (χ1) is 22.8. The van der Waals surface area contributed by atoms with E-state index in [0.717, 1.165) is 52.4 Å². The average Bonchev–Trinajstić information content (AvgIpc) is 3.12. The van der Waals surface area contributed by atoms with E-state index in [-0.39, 0.29) is 0 Å². The predicted octanol–water partition coefficient (Wildman–Crippen LogP) is 8.65. The van der Waals surface area contributed by atoms with E-state index >= 15 is 0 Å². The third-order valence-electron chi connectivity index (χ3n) is 10.2. The summed E-state index contributed by atoms with van der Waals surface area (Å²) in [6.45, 7) is 12.5. The van der Waals surface area contributed by atoms with Gasteiger partial charge in [-0.1, -0.05) is 142 Å². The zero-order valence-corrected chi connectivity index (χ0v) is 32.5. The second-order valence-electron chi connectivity index (χ2n) is 15.6. The van der Waals surface area contributed by atoms with E-state index in [1.165, 1.54) is 154 Å². The van der Waals surface area contributed by atoms with Crippen LogP contribution in [-0.4, -0.2) is 105 Å². The van der Waals surface area contributed by atoms with Gasteiger partial charge in [0.2, 0.25) is 0 Å². The minimum atomic E-state index is -0.946. The van der Waals surface area contributed by atoms with Crippen molar-refractivity contribution in [3.63, 3.8) is 0 Å². The van der Waals surface area contributed by atoms with Gasteiger partial charge in [-0.15, -0.1) is 0 Å². The third-order valence-corrected chi connectivity index (χ3v) is 10.2.